The maximum Gasteiger partial charge on any atom is 0.313 e. The fourth-order valence-corrected chi connectivity index (χ4v) is 3.00. The Bertz CT molecular complexity index is 1020. The second-order valence-corrected chi connectivity index (χ2v) is 6.86. The summed E-state index contributed by atoms with van der Waals surface area (Å²) in [6.45, 7) is 0. The van der Waals surface area contributed by atoms with E-state index in [1.54, 1.807) is 36.4 Å². The van der Waals surface area contributed by atoms with E-state index in [0.29, 0.717) is 27.3 Å². The summed E-state index contributed by atoms with van der Waals surface area (Å²) in [7, 11) is 1.45. The number of carbonyl (C=O) groups is 1. The van der Waals surface area contributed by atoms with Gasteiger partial charge in [-0.25, -0.2) is 0 Å². The molecule has 0 aliphatic carbocycles. The van der Waals surface area contributed by atoms with Crippen LogP contribution in [0.4, 0.5) is 0 Å². The summed E-state index contributed by atoms with van der Waals surface area (Å²) in [5.74, 6) is -0.387. The van der Waals surface area contributed by atoms with Crippen molar-refractivity contribution in [3.8, 4) is 22.9 Å². The van der Waals surface area contributed by atoms with Crippen molar-refractivity contribution in [2.24, 2.45) is 5.10 Å². The molecule has 3 aromatic rings. The second kappa shape index (κ2) is 8.77. The van der Waals surface area contributed by atoms with Crippen LogP contribution in [0.3, 0.4) is 0 Å². The number of aliphatic carboxylic acids is 1. The highest BCUT2D eigenvalue weighted by molar-refractivity contribution is 7.99. The smallest absolute Gasteiger partial charge is 0.313 e. The normalized spacial score (nSPS) is 11.1. The molecule has 0 bridgehead atoms. The molecule has 0 radical (unpaired) electrons. The molecule has 2 aromatic carbocycles. The number of aromatic hydroxyl groups is 1. The lowest BCUT2D eigenvalue weighted by molar-refractivity contribution is -0.133. The first-order chi connectivity index (χ1) is 13.5. The predicted molar refractivity (Wildman–Crippen MR) is 106 cm³/mol. The molecule has 10 heteroatoms. The molecule has 8 nitrogen and oxygen atoms in total. The minimum Gasteiger partial charge on any atom is -0.504 e. The topological polar surface area (TPSA) is 110 Å². The van der Waals surface area contributed by atoms with Crippen LogP contribution in [0.5, 0.6) is 11.5 Å². The van der Waals surface area contributed by atoms with E-state index in [1.165, 1.54) is 24.1 Å². The van der Waals surface area contributed by atoms with Crippen LogP contribution in [0, 0.1) is 0 Å². The highest BCUT2D eigenvalue weighted by atomic mass is 35.5. The molecule has 0 spiro atoms. The molecule has 1 heterocycles. The molecule has 2 N–H and O–H groups in total. The van der Waals surface area contributed by atoms with Crippen molar-refractivity contribution >= 4 is 35.5 Å². The van der Waals surface area contributed by atoms with Gasteiger partial charge >= 0.3 is 5.97 Å². The van der Waals surface area contributed by atoms with Crippen molar-refractivity contribution < 1.29 is 19.7 Å². The Morgan fingerprint density at radius 2 is 2.04 bits per heavy atom. The Balaban J connectivity index is 1.99. The van der Waals surface area contributed by atoms with Gasteiger partial charge in [-0.2, -0.15) is 9.78 Å². The van der Waals surface area contributed by atoms with Gasteiger partial charge in [0.15, 0.2) is 17.3 Å². The monoisotopic (exact) mass is 418 g/mol. The van der Waals surface area contributed by atoms with E-state index in [2.05, 4.69) is 15.3 Å². The molecule has 1 aromatic heterocycles. The third-order valence-corrected chi connectivity index (χ3v) is 4.72. The number of rotatable bonds is 7. The number of hydrogen-bond acceptors (Lipinski definition) is 7. The molecule has 0 unspecified atom stereocenters. The maximum absolute atomic E-state index is 10.9. The standard InChI is InChI=1S/C18H15ClN4O4S/c1-27-15-8-11(2-7-14(15)24)9-20-23-17(12-3-5-13(19)6-4-12)21-22-18(23)28-10-16(25)26/h2-9,24H,10H2,1H3,(H,25,26)/b20-9+. The van der Waals surface area contributed by atoms with Gasteiger partial charge in [0.2, 0.25) is 5.16 Å². The summed E-state index contributed by atoms with van der Waals surface area (Å²) in [6, 6.07) is 11.8. The molecule has 0 saturated carbocycles. The highest BCUT2D eigenvalue weighted by Gasteiger charge is 2.15. The molecule has 0 aliphatic heterocycles. The second-order valence-electron chi connectivity index (χ2n) is 5.48. The van der Waals surface area contributed by atoms with Gasteiger partial charge in [0.05, 0.1) is 19.1 Å². The lowest BCUT2D eigenvalue weighted by Gasteiger charge is -2.05. The van der Waals surface area contributed by atoms with Crippen molar-refractivity contribution in [1.82, 2.24) is 14.9 Å². The summed E-state index contributed by atoms with van der Waals surface area (Å²) >= 11 is 6.94. The molecule has 0 atom stereocenters. The van der Waals surface area contributed by atoms with E-state index in [0.717, 1.165) is 17.3 Å². The van der Waals surface area contributed by atoms with E-state index in [4.69, 9.17) is 21.4 Å². The molecule has 28 heavy (non-hydrogen) atoms. The first-order valence-electron chi connectivity index (χ1n) is 7.95. The Morgan fingerprint density at radius 3 is 2.71 bits per heavy atom. The van der Waals surface area contributed by atoms with Gasteiger partial charge in [0.25, 0.3) is 0 Å². The maximum atomic E-state index is 10.9. The van der Waals surface area contributed by atoms with E-state index in [9.17, 15) is 9.90 Å². The quantitative estimate of drug-likeness (QED) is 0.447. The number of ether oxygens (including phenoxy) is 1. The minimum absolute atomic E-state index is 0.0171. The number of phenolic OH excluding ortho intramolecular Hbond substituents is 1. The van der Waals surface area contributed by atoms with Gasteiger partial charge in [0.1, 0.15) is 0 Å². The summed E-state index contributed by atoms with van der Waals surface area (Å²) in [5, 5.41) is 32.1. The molecule has 0 saturated heterocycles. The first-order valence-corrected chi connectivity index (χ1v) is 9.31. The Morgan fingerprint density at radius 1 is 1.29 bits per heavy atom. The Labute approximate surface area is 169 Å². The fraction of sp³-hybridized carbons (Fsp3) is 0.111. The highest BCUT2D eigenvalue weighted by Crippen LogP contribution is 2.27. The number of methoxy groups -OCH3 is 1. The van der Waals surface area contributed by atoms with Crippen LogP contribution < -0.4 is 4.74 Å². The Kier molecular flexibility index (Phi) is 6.17. The fourth-order valence-electron chi connectivity index (χ4n) is 2.26. The van der Waals surface area contributed by atoms with Crippen LogP contribution in [-0.2, 0) is 4.79 Å². The van der Waals surface area contributed by atoms with Gasteiger partial charge in [-0.3, -0.25) is 4.79 Å². The van der Waals surface area contributed by atoms with Crippen molar-refractivity contribution in [3.05, 3.63) is 53.1 Å². The minimum atomic E-state index is -0.972. The molecular weight excluding hydrogens is 404 g/mol. The summed E-state index contributed by atoms with van der Waals surface area (Å²) in [5.41, 5.74) is 1.39. The number of halogens is 1. The van der Waals surface area contributed by atoms with Crippen LogP contribution in [0.15, 0.2) is 52.7 Å². The number of hydrogen-bond donors (Lipinski definition) is 2. The molecule has 144 valence electrons. The van der Waals surface area contributed by atoms with Crippen LogP contribution >= 0.6 is 23.4 Å². The first kappa shape index (κ1) is 19.7. The van der Waals surface area contributed by atoms with Crippen LogP contribution in [0.25, 0.3) is 11.4 Å². The molecule has 3 rings (SSSR count). The van der Waals surface area contributed by atoms with Gasteiger partial charge in [0, 0.05) is 10.6 Å². The molecule has 0 amide bonds. The van der Waals surface area contributed by atoms with Crippen molar-refractivity contribution in [1.29, 1.82) is 0 Å². The lowest BCUT2D eigenvalue weighted by Crippen LogP contribution is -2.01. The number of thioether (sulfide) groups is 1. The number of carboxylic acids is 1. The van der Waals surface area contributed by atoms with Crippen molar-refractivity contribution in [2.45, 2.75) is 5.16 Å². The average Bonchev–Trinajstić information content (AvgIpc) is 3.09. The predicted octanol–water partition coefficient (Wildman–Crippen LogP) is 3.37. The number of carboxylic acid groups (broad SMARTS) is 1. The number of aromatic nitrogens is 3. The van der Waals surface area contributed by atoms with Crippen LogP contribution in [0.2, 0.25) is 5.02 Å². The summed E-state index contributed by atoms with van der Waals surface area (Å²) in [4.78, 5) is 10.9. The lowest BCUT2D eigenvalue weighted by atomic mass is 10.2. The number of nitrogens with zero attached hydrogens (tertiary/aromatic N) is 4. The van der Waals surface area contributed by atoms with Gasteiger partial charge in [-0.05, 0) is 48.0 Å². The van der Waals surface area contributed by atoms with E-state index in [1.807, 2.05) is 0 Å². The van der Waals surface area contributed by atoms with Gasteiger partial charge in [-0.1, -0.05) is 23.4 Å². The van der Waals surface area contributed by atoms with Gasteiger partial charge in [-0.15, -0.1) is 10.2 Å². The largest absolute Gasteiger partial charge is 0.504 e. The summed E-state index contributed by atoms with van der Waals surface area (Å²) in [6.07, 6.45) is 1.54. The molecular formula is C18H15ClN4O4S. The van der Waals surface area contributed by atoms with E-state index >= 15 is 0 Å². The molecule has 0 fully saturated rings. The zero-order chi connectivity index (χ0) is 20.1. The average molecular weight is 419 g/mol. The zero-order valence-corrected chi connectivity index (χ0v) is 16.2. The third kappa shape index (κ3) is 4.62. The van der Waals surface area contributed by atoms with E-state index < -0.39 is 5.97 Å². The number of benzene rings is 2. The third-order valence-electron chi connectivity index (χ3n) is 3.57. The van der Waals surface area contributed by atoms with Crippen LogP contribution in [-0.4, -0.2) is 50.1 Å². The van der Waals surface area contributed by atoms with Crippen molar-refractivity contribution in [2.75, 3.05) is 12.9 Å². The van der Waals surface area contributed by atoms with Crippen LogP contribution in [0.1, 0.15) is 5.56 Å². The zero-order valence-electron chi connectivity index (χ0n) is 14.6. The van der Waals surface area contributed by atoms with Crippen molar-refractivity contribution in [3.63, 3.8) is 0 Å². The van der Waals surface area contributed by atoms with E-state index in [-0.39, 0.29) is 11.5 Å². The Hall–Kier alpha value is -3.04. The van der Waals surface area contributed by atoms with Gasteiger partial charge < -0.3 is 14.9 Å². The molecule has 0 aliphatic rings. The SMILES string of the molecule is COc1cc(/C=N/n2c(SCC(=O)O)nnc2-c2ccc(Cl)cc2)ccc1O. The number of phenols is 1. The summed E-state index contributed by atoms with van der Waals surface area (Å²) < 4.78 is 6.55.